The van der Waals surface area contributed by atoms with Crippen LogP contribution in [0.1, 0.15) is 239 Å². The lowest BCUT2D eigenvalue weighted by Crippen LogP contribution is -2.61. The quantitative estimate of drug-likeness (QED) is 0.0228. The topological polar surface area (TPSA) is 175 Å². The van der Waals surface area contributed by atoms with Crippen LogP contribution < -0.4 is 0 Å². The zero-order chi connectivity index (χ0) is 54.7. The summed E-state index contributed by atoms with van der Waals surface area (Å²) in [6.07, 6.45) is 52.8. The van der Waals surface area contributed by atoms with Crippen molar-refractivity contribution in [3.63, 3.8) is 0 Å². The van der Waals surface area contributed by atoms with Gasteiger partial charge in [-0.3, -0.25) is 14.4 Å². The molecule has 0 aliphatic carbocycles. The molecular weight excluding hydrogens is 949 g/mol. The van der Waals surface area contributed by atoms with Crippen molar-refractivity contribution in [2.45, 2.75) is 276 Å². The second kappa shape index (κ2) is 50.7. The summed E-state index contributed by atoms with van der Waals surface area (Å²) in [5, 5.41) is 31.4. The Hall–Kier alpha value is -4.10. The molecule has 75 heavy (non-hydrogen) atoms. The van der Waals surface area contributed by atoms with Gasteiger partial charge in [-0.25, -0.2) is 4.79 Å². The van der Waals surface area contributed by atoms with Crippen molar-refractivity contribution in [3.8, 4) is 0 Å². The first-order valence-electron chi connectivity index (χ1n) is 29.6. The molecule has 1 saturated heterocycles. The standard InChI is InChI=1S/C63H104O12/c1-4-7-10-13-16-19-22-24-26-27-28-29-31-33-36-39-42-45-48-51-57(66)74-61-59(68)58(67)60(62(69)70)75-63(61)72-53-54(73-56(65)50-47-44-41-38-34-21-18-15-12-9-6-3)52-71-55(64)49-46-43-40-37-35-32-30-25-23-20-17-14-11-8-5-2/h7,10,16,19,24-26,28-30,33,36,42,45,54,58-61,63,67-68H,4-6,8-9,11-15,17-18,20-23,27,31-32,34-35,37-41,43-44,46-53H2,1-3H3,(H,69,70)/b10-7-,19-16-,26-24-,29-28-,30-25-,36-33-,45-42-. The van der Waals surface area contributed by atoms with Gasteiger partial charge in [-0.15, -0.1) is 0 Å². The SMILES string of the molecule is CC/C=C\C/C=C\C/C=C\C/C=C\C/C=C\C/C=C\CCC(=O)OC1C(OCC(COC(=O)CCCCCCC/C=C\CCCCCCCC)OC(=O)CCCCCCCCCCCCC)OC(C(=O)O)C(O)C1O. The van der Waals surface area contributed by atoms with Gasteiger partial charge in [0, 0.05) is 19.3 Å². The molecule has 1 aliphatic rings. The number of unbranched alkanes of at least 4 members (excludes halogenated alkanes) is 21. The van der Waals surface area contributed by atoms with E-state index in [2.05, 4.69) is 87.6 Å². The Kier molecular flexibility index (Phi) is 46.6. The molecule has 3 N–H and O–H groups in total. The first-order chi connectivity index (χ1) is 36.6. The fourth-order valence-corrected chi connectivity index (χ4v) is 8.45. The molecule has 1 fully saturated rings. The molecule has 1 heterocycles. The predicted octanol–water partition coefficient (Wildman–Crippen LogP) is 15.1. The second-order valence-electron chi connectivity index (χ2n) is 19.9. The van der Waals surface area contributed by atoms with E-state index in [1.54, 1.807) is 0 Å². The lowest BCUT2D eigenvalue weighted by Gasteiger charge is -2.40. The van der Waals surface area contributed by atoms with Crippen LogP contribution in [0.25, 0.3) is 0 Å². The van der Waals surface area contributed by atoms with Crippen molar-refractivity contribution >= 4 is 23.9 Å². The molecule has 1 aliphatic heterocycles. The van der Waals surface area contributed by atoms with Crippen molar-refractivity contribution in [2.24, 2.45) is 0 Å². The Morgan fingerprint density at radius 1 is 0.453 bits per heavy atom. The number of carbonyl (C=O) groups is 4. The van der Waals surface area contributed by atoms with Crippen molar-refractivity contribution in [1.29, 1.82) is 0 Å². The maximum absolute atomic E-state index is 13.1. The van der Waals surface area contributed by atoms with Gasteiger partial charge in [0.1, 0.15) is 18.8 Å². The summed E-state index contributed by atoms with van der Waals surface area (Å²) in [7, 11) is 0. The number of carbonyl (C=O) groups excluding carboxylic acids is 3. The third-order valence-electron chi connectivity index (χ3n) is 13.0. The number of esters is 3. The van der Waals surface area contributed by atoms with E-state index < -0.39 is 67.3 Å². The molecule has 0 spiro atoms. The smallest absolute Gasteiger partial charge is 0.335 e. The number of carboxylic acid groups (broad SMARTS) is 1. The van der Waals surface area contributed by atoms with Crippen LogP contribution in [0.15, 0.2) is 85.1 Å². The van der Waals surface area contributed by atoms with Gasteiger partial charge in [-0.05, 0) is 83.5 Å². The number of aliphatic carboxylic acids is 1. The van der Waals surface area contributed by atoms with Gasteiger partial charge in [0.2, 0.25) is 0 Å². The van der Waals surface area contributed by atoms with Gasteiger partial charge >= 0.3 is 23.9 Å². The highest BCUT2D eigenvalue weighted by molar-refractivity contribution is 5.74. The number of hydrogen-bond donors (Lipinski definition) is 3. The average Bonchev–Trinajstić information content (AvgIpc) is 3.39. The summed E-state index contributed by atoms with van der Waals surface area (Å²) in [4.78, 5) is 51.0. The number of aliphatic hydroxyl groups excluding tert-OH is 2. The van der Waals surface area contributed by atoms with Crippen molar-refractivity contribution in [3.05, 3.63) is 85.1 Å². The van der Waals surface area contributed by atoms with Crippen molar-refractivity contribution in [2.75, 3.05) is 13.2 Å². The summed E-state index contributed by atoms with van der Waals surface area (Å²) in [6, 6.07) is 0. The fourth-order valence-electron chi connectivity index (χ4n) is 8.45. The van der Waals surface area contributed by atoms with Gasteiger partial charge in [0.05, 0.1) is 6.61 Å². The molecule has 0 radical (unpaired) electrons. The third-order valence-corrected chi connectivity index (χ3v) is 13.0. The number of carboxylic acids is 1. The van der Waals surface area contributed by atoms with Crippen LogP contribution >= 0.6 is 0 Å². The molecule has 0 aromatic carbocycles. The largest absolute Gasteiger partial charge is 0.479 e. The summed E-state index contributed by atoms with van der Waals surface area (Å²) < 4.78 is 28.3. The molecular formula is C63H104O12. The third kappa shape index (κ3) is 40.8. The maximum atomic E-state index is 13.1. The Balaban J connectivity index is 2.72. The van der Waals surface area contributed by atoms with E-state index in [0.29, 0.717) is 25.7 Å². The molecule has 6 atom stereocenters. The van der Waals surface area contributed by atoms with Gasteiger partial charge < -0.3 is 39.0 Å². The normalized spacial score (nSPS) is 18.8. The first-order valence-corrected chi connectivity index (χ1v) is 29.6. The molecule has 0 bridgehead atoms. The summed E-state index contributed by atoms with van der Waals surface area (Å²) in [5.74, 6) is -3.24. The van der Waals surface area contributed by atoms with Gasteiger partial charge in [0.25, 0.3) is 0 Å². The molecule has 0 amide bonds. The van der Waals surface area contributed by atoms with E-state index in [9.17, 15) is 34.5 Å². The van der Waals surface area contributed by atoms with Gasteiger partial charge in [-0.1, -0.05) is 221 Å². The minimum atomic E-state index is -1.93. The molecule has 12 heteroatoms. The van der Waals surface area contributed by atoms with Crippen LogP contribution in [0.5, 0.6) is 0 Å². The zero-order valence-electron chi connectivity index (χ0n) is 47.0. The van der Waals surface area contributed by atoms with Crippen LogP contribution in [-0.4, -0.2) is 89.2 Å². The highest BCUT2D eigenvalue weighted by atomic mass is 16.7. The molecule has 428 valence electrons. The van der Waals surface area contributed by atoms with E-state index in [1.165, 1.54) is 83.5 Å². The molecule has 1 rings (SSSR count). The minimum absolute atomic E-state index is 0.0670. The summed E-state index contributed by atoms with van der Waals surface area (Å²) in [6.45, 7) is 5.82. The molecule has 12 nitrogen and oxygen atoms in total. The first kappa shape index (κ1) is 68.9. The lowest BCUT2D eigenvalue weighted by atomic mass is 9.98. The highest BCUT2D eigenvalue weighted by Gasteiger charge is 2.50. The maximum Gasteiger partial charge on any atom is 0.335 e. The van der Waals surface area contributed by atoms with Crippen LogP contribution in [0.3, 0.4) is 0 Å². The predicted molar refractivity (Wildman–Crippen MR) is 303 cm³/mol. The lowest BCUT2D eigenvalue weighted by molar-refractivity contribution is -0.301. The molecule has 6 unspecified atom stereocenters. The van der Waals surface area contributed by atoms with Crippen molar-refractivity contribution in [1.82, 2.24) is 0 Å². The number of ether oxygens (including phenoxy) is 5. The summed E-state index contributed by atoms with van der Waals surface area (Å²) >= 11 is 0. The fraction of sp³-hybridized carbons (Fsp3) is 0.714. The Morgan fingerprint density at radius 3 is 1.33 bits per heavy atom. The molecule has 0 saturated carbocycles. The van der Waals surface area contributed by atoms with E-state index in [1.807, 2.05) is 18.2 Å². The number of allylic oxidation sites excluding steroid dienone is 14. The zero-order valence-corrected chi connectivity index (χ0v) is 47.0. The van der Waals surface area contributed by atoms with Crippen LogP contribution in [0, 0.1) is 0 Å². The highest BCUT2D eigenvalue weighted by Crippen LogP contribution is 2.26. The van der Waals surface area contributed by atoms with E-state index in [-0.39, 0.29) is 25.9 Å². The van der Waals surface area contributed by atoms with E-state index in [4.69, 9.17) is 23.7 Å². The van der Waals surface area contributed by atoms with Crippen LogP contribution in [0.4, 0.5) is 0 Å². The van der Waals surface area contributed by atoms with Crippen LogP contribution in [0.2, 0.25) is 0 Å². The Morgan fingerprint density at radius 2 is 0.867 bits per heavy atom. The van der Waals surface area contributed by atoms with Gasteiger partial charge in [0.15, 0.2) is 24.6 Å². The van der Waals surface area contributed by atoms with Crippen LogP contribution in [-0.2, 0) is 42.9 Å². The van der Waals surface area contributed by atoms with Gasteiger partial charge in [-0.2, -0.15) is 0 Å². The Labute approximate surface area is 454 Å². The minimum Gasteiger partial charge on any atom is -0.479 e. The summed E-state index contributed by atoms with van der Waals surface area (Å²) in [5.41, 5.74) is 0. The number of rotatable bonds is 49. The van der Waals surface area contributed by atoms with Crippen molar-refractivity contribution < 1.29 is 58.2 Å². The van der Waals surface area contributed by atoms with E-state index in [0.717, 1.165) is 89.9 Å². The number of aliphatic hydroxyl groups is 2. The number of hydrogen-bond acceptors (Lipinski definition) is 11. The second-order valence-corrected chi connectivity index (χ2v) is 19.9. The van der Waals surface area contributed by atoms with E-state index >= 15 is 0 Å². The molecule has 0 aromatic rings. The molecule has 0 aromatic heterocycles. The average molecular weight is 1050 g/mol. The monoisotopic (exact) mass is 1050 g/mol. The Bertz CT molecular complexity index is 1630.